The van der Waals surface area contributed by atoms with Crippen molar-refractivity contribution in [3.05, 3.63) is 60.2 Å². The van der Waals surface area contributed by atoms with Crippen LogP contribution in [0.3, 0.4) is 0 Å². The monoisotopic (exact) mass is 379 g/mol. The van der Waals surface area contributed by atoms with Gasteiger partial charge in [-0.1, -0.05) is 53.7 Å². The van der Waals surface area contributed by atoms with Crippen molar-refractivity contribution in [2.24, 2.45) is 15.4 Å². The second-order valence-corrected chi connectivity index (χ2v) is 6.35. The van der Waals surface area contributed by atoms with Crippen LogP contribution in [0, 0.1) is 0 Å². The Balaban J connectivity index is 1.69. The van der Waals surface area contributed by atoms with E-state index in [1.807, 2.05) is 73.6 Å². The first kappa shape index (κ1) is 19.2. The number of oxime groups is 1. The van der Waals surface area contributed by atoms with E-state index >= 15 is 0 Å². The van der Waals surface area contributed by atoms with Gasteiger partial charge in [-0.2, -0.15) is 0 Å². The summed E-state index contributed by atoms with van der Waals surface area (Å²) in [4.78, 5) is 18.8. The van der Waals surface area contributed by atoms with Gasteiger partial charge in [0.2, 0.25) is 5.88 Å². The van der Waals surface area contributed by atoms with Crippen LogP contribution in [0.2, 0.25) is 0 Å². The van der Waals surface area contributed by atoms with Crippen LogP contribution in [0.1, 0.15) is 5.56 Å². The van der Waals surface area contributed by atoms with Gasteiger partial charge in [-0.3, -0.25) is 14.3 Å². The third-order valence-corrected chi connectivity index (χ3v) is 3.87. The third kappa shape index (κ3) is 4.60. The number of carbonyl (C=O) groups is 1. The quantitative estimate of drug-likeness (QED) is 0.386. The summed E-state index contributed by atoms with van der Waals surface area (Å²) in [6.07, 6.45) is 1.51. The normalized spacial score (nSPS) is 11.8. The molecule has 0 atom stereocenters. The molecule has 0 fully saturated rings. The maximum absolute atomic E-state index is 11.9. The number of hydrogen-bond acceptors (Lipinski definition) is 6. The van der Waals surface area contributed by atoms with Gasteiger partial charge in [-0.05, 0) is 25.7 Å². The summed E-state index contributed by atoms with van der Waals surface area (Å²) < 4.78 is 1.70. The van der Waals surface area contributed by atoms with Crippen LogP contribution in [0.5, 0.6) is 5.88 Å². The maximum Gasteiger partial charge on any atom is 0.304 e. The van der Waals surface area contributed by atoms with E-state index in [1.54, 1.807) is 4.57 Å². The standard InChI is InChI=1S/C20H21N5O3/c1-24(2)14-25-17-11-7-6-10-16(17)19(20(25)27)23-22-18(26)13-28-21-12-15-8-4-3-5-9-15/h3-12,27H,13-14H2,1-2H3. The van der Waals surface area contributed by atoms with Crippen molar-refractivity contribution in [2.45, 2.75) is 6.67 Å². The van der Waals surface area contributed by atoms with E-state index in [0.717, 1.165) is 11.1 Å². The maximum atomic E-state index is 11.9. The Morgan fingerprint density at radius 2 is 1.86 bits per heavy atom. The highest BCUT2D eigenvalue weighted by atomic mass is 16.6. The third-order valence-electron chi connectivity index (χ3n) is 3.87. The van der Waals surface area contributed by atoms with Gasteiger partial charge in [0.15, 0.2) is 12.3 Å². The zero-order valence-corrected chi connectivity index (χ0v) is 15.7. The molecule has 0 aliphatic heterocycles. The summed E-state index contributed by atoms with van der Waals surface area (Å²) in [5, 5.41) is 22.6. The fourth-order valence-electron chi connectivity index (χ4n) is 2.66. The molecule has 0 saturated carbocycles. The zero-order valence-electron chi connectivity index (χ0n) is 15.7. The Kier molecular flexibility index (Phi) is 6.13. The molecular weight excluding hydrogens is 358 g/mol. The summed E-state index contributed by atoms with van der Waals surface area (Å²) in [5.74, 6) is -0.650. The first-order chi connectivity index (χ1) is 13.6. The largest absolute Gasteiger partial charge is 0.493 e. The van der Waals surface area contributed by atoms with Crippen LogP contribution in [-0.4, -0.2) is 47.4 Å². The van der Waals surface area contributed by atoms with Gasteiger partial charge in [0.1, 0.15) is 0 Å². The number of aromatic nitrogens is 1. The first-order valence-corrected chi connectivity index (χ1v) is 8.66. The lowest BCUT2D eigenvalue weighted by molar-refractivity contribution is -0.122. The van der Waals surface area contributed by atoms with Crippen LogP contribution in [0.25, 0.3) is 10.9 Å². The number of nitrogens with zero attached hydrogens (tertiary/aromatic N) is 5. The number of hydrogen-bond donors (Lipinski definition) is 1. The van der Waals surface area contributed by atoms with Crippen molar-refractivity contribution < 1.29 is 14.7 Å². The molecule has 0 aliphatic carbocycles. The molecule has 0 bridgehead atoms. The van der Waals surface area contributed by atoms with Gasteiger partial charge in [-0.25, -0.2) is 0 Å². The number of aromatic hydroxyl groups is 1. The molecule has 0 saturated heterocycles. The number of para-hydroxylation sites is 1. The number of azo groups is 1. The van der Waals surface area contributed by atoms with E-state index in [-0.39, 0.29) is 18.2 Å². The molecule has 8 heteroatoms. The summed E-state index contributed by atoms with van der Waals surface area (Å²) in [6.45, 7) is 0.122. The average molecular weight is 379 g/mol. The van der Waals surface area contributed by atoms with E-state index in [2.05, 4.69) is 15.4 Å². The minimum atomic E-state index is -0.603. The average Bonchev–Trinajstić information content (AvgIpc) is 2.95. The van der Waals surface area contributed by atoms with E-state index in [1.165, 1.54) is 6.21 Å². The zero-order chi connectivity index (χ0) is 19.9. The molecule has 28 heavy (non-hydrogen) atoms. The minimum Gasteiger partial charge on any atom is -0.493 e. The fraction of sp³-hybridized carbons (Fsp3) is 0.200. The van der Waals surface area contributed by atoms with Gasteiger partial charge in [0.05, 0.1) is 18.4 Å². The van der Waals surface area contributed by atoms with Gasteiger partial charge in [-0.15, -0.1) is 10.2 Å². The highest BCUT2D eigenvalue weighted by molar-refractivity contribution is 5.95. The van der Waals surface area contributed by atoms with E-state index < -0.39 is 5.91 Å². The lowest BCUT2D eigenvalue weighted by Crippen LogP contribution is -2.16. The molecule has 1 heterocycles. The van der Waals surface area contributed by atoms with Crippen LogP contribution in [-0.2, 0) is 16.3 Å². The van der Waals surface area contributed by atoms with Gasteiger partial charge in [0, 0.05) is 5.39 Å². The van der Waals surface area contributed by atoms with Crippen molar-refractivity contribution in [3.8, 4) is 5.88 Å². The molecule has 0 spiro atoms. The van der Waals surface area contributed by atoms with Gasteiger partial charge in [0.25, 0.3) is 0 Å². The molecule has 3 aromatic rings. The van der Waals surface area contributed by atoms with Crippen LogP contribution < -0.4 is 0 Å². The molecule has 2 aromatic carbocycles. The van der Waals surface area contributed by atoms with Crippen molar-refractivity contribution in [1.29, 1.82) is 0 Å². The molecule has 1 N–H and O–H groups in total. The van der Waals surface area contributed by atoms with E-state index in [4.69, 9.17) is 4.84 Å². The second kappa shape index (κ2) is 8.92. The van der Waals surface area contributed by atoms with Crippen LogP contribution in [0.15, 0.2) is 70.0 Å². The molecular formula is C20H21N5O3. The topological polar surface area (TPSA) is 91.8 Å². The van der Waals surface area contributed by atoms with Crippen molar-refractivity contribution >= 4 is 28.7 Å². The van der Waals surface area contributed by atoms with Crippen molar-refractivity contribution in [1.82, 2.24) is 9.47 Å². The molecule has 0 aliphatic rings. The van der Waals surface area contributed by atoms with Gasteiger partial charge < -0.3 is 9.94 Å². The van der Waals surface area contributed by atoms with Gasteiger partial charge >= 0.3 is 5.91 Å². The van der Waals surface area contributed by atoms with Crippen molar-refractivity contribution in [3.63, 3.8) is 0 Å². The van der Waals surface area contributed by atoms with E-state index in [9.17, 15) is 9.90 Å². The molecule has 1 aromatic heterocycles. The van der Waals surface area contributed by atoms with Crippen molar-refractivity contribution in [2.75, 3.05) is 20.7 Å². The Hall–Kier alpha value is -3.52. The minimum absolute atomic E-state index is 0.0468. The highest BCUT2D eigenvalue weighted by Gasteiger charge is 2.17. The predicted octanol–water partition coefficient (Wildman–Crippen LogP) is 3.53. The molecule has 0 radical (unpaired) electrons. The molecule has 1 amide bonds. The lowest BCUT2D eigenvalue weighted by atomic mass is 10.2. The summed E-state index contributed by atoms with van der Waals surface area (Å²) in [6, 6.07) is 16.8. The summed E-state index contributed by atoms with van der Waals surface area (Å²) in [5.41, 5.74) is 1.91. The predicted molar refractivity (Wildman–Crippen MR) is 107 cm³/mol. The van der Waals surface area contributed by atoms with Crippen LogP contribution >= 0.6 is 0 Å². The number of rotatable bonds is 7. The summed E-state index contributed by atoms with van der Waals surface area (Å²) >= 11 is 0. The lowest BCUT2D eigenvalue weighted by Gasteiger charge is -2.12. The molecule has 0 unspecified atom stereocenters. The number of carbonyl (C=O) groups excluding carboxylic acids is 1. The Morgan fingerprint density at radius 3 is 2.61 bits per heavy atom. The van der Waals surface area contributed by atoms with Crippen LogP contribution in [0.4, 0.5) is 5.69 Å². The number of fused-ring (bicyclic) bond motifs is 1. The fourth-order valence-corrected chi connectivity index (χ4v) is 2.66. The Bertz CT molecular complexity index is 1010. The first-order valence-electron chi connectivity index (χ1n) is 8.66. The molecule has 8 nitrogen and oxygen atoms in total. The Morgan fingerprint density at radius 1 is 1.14 bits per heavy atom. The number of benzene rings is 2. The smallest absolute Gasteiger partial charge is 0.304 e. The Labute approximate surface area is 162 Å². The second-order valence-electron chi connectivity index (χ2n) is 6.35. The molecule has 3 rings (SSSR count). The highest BCUT2D eigenvalue weighted by Crippen LogP contribution is 2.38. The molecule has 144 valence electrons. The summed E-state index contributed by atoms with van der Waals surface area (Å²) in [7, 11) is 3.79. The number of amides is 1. The SMILES string of the molecule is CN(C)Cn1c(O)c(N=NC(=O)CON=Cc2ccccc2)c2ccccc21. The van der Waals surface area contributed by atoms with E-state index in [0.29, 0.717) is 12.1 Å².